The van der Waals surface area contributed by atoms with Crippen LogP contribution >= 0.6 is 11.6 Å². The van der Waals surface area contributed by atoms with Gasteiger partial charge in [-0.1, -0.05) is 30.7 Å². The van der Waals surface area contributed by atoms with Gasteiger partial charge < -0.3 is 10.1 Å². The van der Waals surface area contributed by atoms with E-state index in [1.54, 1.807) is 0 Å². The zero-order chi connectivity index (χ0) is 13.2. The first-order valence-corrected chi connectivity index (χ1v) is 6.65. The maximum absolute atomic E-state index is 8.45. The summed E-state index contributed by atoms with van der Waals surface area (Å²) in [7, 11) is 0. The van der Waals surface area contributed by atoms with Crippen LogP contribution in [-0.4, -0.2) is 13.2 Å². The van der Waals surface area contributed by atoms with Crippen molar-refractivity contribution in [2.24, 2.45) is 0 Å². The summed E-state index contributed by atoms with van der Waals surface area (Å²) in [5.41, 5.74) is 1.07. The molecule has 0 bridgehead atoms. The van der Waals surface area contributed by atoms with Gasteiger partial charge in [-0.25, -0.2) is 0 Å². The molecule has 3 nitrogen and oxygen atoms in total. The quantitative estimate of drug-likeness (QED) is 0.732. The van der Waals surface area contributed by atoms with Gasteiger partial charge in [-0.15, -0.1) is 0 Å². The van der Waals surface area contributed by atoms with Crippen LogP contribution in [0.4, 0.5) is 0 Å². The molecule has 0 aliphatic carbocycles. The lowest BCUT2D eigenvalue weighted by Gasteiger charge is -2.13. The smallest absolute Gasteiger partial charge is 0.142 e. The first kappa shape index (κ1) is 14.8. The van der Waals surface area contributed by atoms with E-state index in [0.717, 1.165) is 37.2 Å². The maximum Gasteiger partial charge on any atom is 0.142 e. The van der Waals surface area contributed by atoms with Gasteiger partial charge in [0.05, 0.1) is 17.7 Å². The molecule has 0 heterocycles. The topological polar surface area (TPSA) is 45.0 Å². The van der Waals surface area contributed by atoms with Gasteiger partial charge in [0.2, 0.25) is 0 Å². The minimum Gasteiger partial charge on any atom is -0.492 e. The van der Waals surface area contributed by atoms with Crippen LogP contribution in [0, 0.1) is 11.3 Å². The average Bonchev–Trinajstić information content (AvgIpc) is 2.38. The molecule has 0 fully saturated rings. The predicted molar refractivity (Wildman–Crippen MR) is 73.8 cm³/mol. The lowest BCUT2D eigenvalue weighted by molar-refractivity contribution is 0.304. The van der Waals surface area contributed by atoms with Crippen LogP contribution in [0.3, 0.4) is 0 Å². The number of nitriles is 1. The molecule has 0 unspecified atom stereocenters. The fourth-order valence-electron chi connectivity index (χ4n) is 1.59. The van der Waals surface area contributed by atoms with Crippen LogP contribution in [0.15, 0.2) is 18.2 Å². The summed E-state index contributed by atoms with van der Waals surface area (Å²) in [6.07, 6.45) is 2.32. The summed E-state index contributed by atoms with van der Waals surface area (Å²) >= 11 is 6.14. The van der Waals surface area contributed by atoms with Crippen molar-refractivity contribution in [1.82, 2.24) is 5.32 Å². The third-order valence-corrected chi connectivity index (χ3v) is 2.84. The summed E-state index contributed by atoms with van der Waals surface area (Å²) in [6, 6.07) is 7.90. The van der Waals surface area contributed by atoms with Gasteiger partial charge in [0.25, 0.3) is 0 Å². The molecular weight excluding hydrogens is 248 g/mol. The second kappa shape index (κ2) is 8.79. The third-order valence-electron chi connectivity index (χ3n) is 2.54. The summed E-state index contributed by atoms with van der Waals surface area (Å²) in [5, 5.41) is 12.4. The van der Waals surface area contributed by atoms with Crippen LogP contribution in [0.1, 0.15) is 31.7 Å². The van der Waals surface area contributed by atoms with Gasteiger partial charge in [0, 0.05) is 18.5 Å². The molecule has 0 aliphatic rings. The molecule has 0 aliphatic heterocycles. The molecule has 98 valence electrons. The number of nitrogens with zero attached hydrogens (tertiary/aromatic N) is 1. The van der Waals surface area contributed by atoms with E-state index < -0.39 is 0 Å². The molecule has 0 saturated carbocycles. The number of halogens is 1. The van der Waals surface area contributed by atoms with Crippen molar-refractivity contribution in [1.29, 1.82) is 5.26 Å². The van der Waals surface area contributed by atoms with E-state index in [-0.39, 0.29) is 0 Å². The number of unbranched alkanes of at least 4 members (excludes halogenated alkanes) is 2. The minimum atomic E-state index is 0.579. The van der Waals surface area contributed by atoms with Gasteiger partial charge in [-0.05, 0) is 25.5 Å². The minimum absolute atomic E-state index is 0.579. The molecule has 0 spiro atoms. The van der Waals surface area contributed by atoms with E-state index in [1.165, 1.54) is 0 Å². The highest BCUT2D eigenvalue weighted by Gasteiger charge is 2.07. The Hall–Kier alpha value is -1.24. The normalized spacial score (nSPS) is 10.1. The van der Waals surface area contributed by atoms with E-state index in [9.17, 15) is 0 Å². The van der Waals surface area contributed by atoms with Crippen molar-refractivity contribution in [3.8, 4) is 11.8 Å². The molecule has 1 rings (SSSR count). The lowest BCUT2D eigenvalue weighted by Crippen LogP contribution is -2.13. The summed E-state index contributed by atoms with van der Waals surface area (Å²) in [5.74, 6) is 0.761. The zero-order valence-corrected chi connectivity index (χ0v) is 11.5. The van der Waals surface area contributed by atoms with Gasteiger partial charge in [0.1, 0.15) is 5.75 Å². The number of rotatable bonds is 8. The second-order valence-electron chi connectivity index (χ2n) is 3.97. The molecular formula is C14H19ClN2O. The molecule has 0 saturated heterocycles. The van der Waals surface area contributed by atoms with Crippen LogP contribution in [-0.2, 0) is 6.54 Å². The maximum atomic E-state index is 8.45. The summed E-state index contributed by atoms with van der Waals surface area (Å²) in [4.78, 5) is 0. The fraction of sp³-hybridized carbons (Fsp3) is 0.500. The van der Waals surface area contributed by atoms with Crippen molar-refractivity contribution >= 4 is 11.6 Å². The Morgan fingerprint density at radius 3 is 2.94 bits per heavy atom. The third kappa shape index (κ3) is 4.95. The highest BCUT2D eigenvalue weighted by atomic mass is 35.5. The van der Waals surface area contributed by atoms with E-state index in [1.807, 2.05) is 18.2 Å². The standard InChI is InChI=1S/C14H19ClN2O/c1-2-17-11-12-7-6-8-13(15)14(12)18-10-5-3-4-9-16/h6-8,17H,2-5,10-11H2,1H3. The monoisotopic (exact) mass is 266 g/mol. The SMILES string of the molecule is CCNCc1cccc(Cl)c1OCCCCC#N. The van der Waals surface area contributed by atoms with Gasteiger partial charge >= 0.3 is 0 Å². The molecule has 0 radical (unpaired) electrons. The highest BCUT2D eigenvalue weighted by molar-refractivity contribution is 6.32. The Labute approximate surface area is 114 Å². The number of nitrogens with one attached hydrogen (secondary N) is 1. The van der Waals surface area contributed by atoms with Gasteiger partial charge in [0.15, 0.2) is 0 Å². The number of para-hydroxylation sites is 1. The van der Waals surface area contributed by atoms with Gasteiger partial charge in [-0.3, -0.25) is 0 Å². The summed E-state index contributed by atoms with van der Waals surface area (Å²) in [6.45, 7) is 4.33. The van der Waals surface area contributed by atoms with E-state index in [0.29, 0.717) is 18.1 Å². The number of hydrogen-bond acceptors (Lipinski definition) is 3. The highest BCUT2D eigenvalue weighted by Crippen LogP contribution is 2.28. The Morgan fingerprint density at radius 2 is 2.22 bits per heavy atom. The molecule has 0 aromatic heterocycles. The predicted octanol–water partition coefficient (Wildman–Crippen LogP) is 3.52. The first-order chi connectivity index (χ1) is 8.79. The molecule has 1 N–H and O–H groups in total. The zero-order valence-electron chi connectivity index (χ0n) is 10.7. The van der Waals surface area contributed by atoms with Crippen molar-refractivity contribution in [2.75, 3.05) is 13.2 Å². The molecule has 1 aromatic carbocycles. The number of ether oxygens (including phenoxy) is 1. The Kier molecular flexibility index (Phi) is 7.24. The second-order valence-corrected chi connectivity index (χ2v) is 4.38. The summed E-state index contributed by atoms with van der Waals surface area (Å²) < 4.78 is 5.73. The molecule has 0 amide bonds. The van der Waals surface area contributed by atoms with Crippen molar-refractivity contribution in [2.45, 2.75) is 32.7 Å². The molecule has 18 heavy (non-hydrogen) atoms. The van der Waals surface area contributed by atoms with Crippen LogP contribution in [0.5, 0.6) is 5.75 Å². The number of hydrogen-bond donors (Lipinski definition) is 1. The van der Waals surface area contributed by atoms with Crippen molar-refractivity contribution < 1.29 is 4.74 Å². The van der Waals surface area contributed by atoms with E-state index >= 15 is 0 Å². The fourth-order valence-corrected chi connectivity index (χ4v) is 1.84. The largest absolute Gasteiger partial charge is 0.492 e. The Morgan fingerprint density at radius 1 is 1.39 bits per heavy atom. The Bertz CT molecular complexity index is 401. The molecule has 4 heteroatoms. The number of benzene rings is 1. The Balaban J connectivity index is 2.54. The van der Waals surface area contributed by atoms with Crippen LogP contribution in [0.25, 0.3) is 0 Å². The van der Waals surface area contributed by atoms with Crippen molar-refractivity contribution in [3.63, 3.8) is 0 Å². The molecule has 0 atom stereocenters. The lowest BCUT2D eigenvalue weighted by atomic mass is 10.2. The van der Waals surface area contributed by atoms with Crippen LogP contribution < -0.4 is 10.1 Å². The average molecular weight is 267 g/mol. The van der Waals surface area contributed by atoms with Crippen molar-refractivity contribution in [3.05, 3.63) is 28.8 Å². The first-order valence-electron chi connectivity index (χ1n) is 6.27. The molecule has 1 aromatic rings. The van der Waals surface area contributed by atoms with Crippen LogP contribution in [0.2, 0.25) is 5.02 Å². The van der Waals surface area contributed by atoms with E-state index in [2.05, 4.69) is 18.3 Å². The van der Waals surface area contributed by atoms with E-state index in [4.69, 9.17) is 21.6 Å². The van der Waals surface area contributed by atoms with Gasteiger partial charge in [-0.2, -0.15) is 5.26 Å².